The smallest absolute Gasteiger partial charge is 0.335 e. The average molecular weight is 543 g/mol. The minimum absolute atomic E-state index is 0.181. The van der Waals surface area contributed by atoms with E-state index in [-0.39, 0.29) is 12.0 Å². The molecule has 1 aromatic carbocycles. The molecule has 1 N–H and O–H groups in total. The SMILES string of the molecule is Cc1c(C)c2c(c(C)c1OC(=O)/C=C\CC(=O)O)CCC(C)(CCCC(C)CCCC(C)CCCC(C)C)O2. The van der Waals surface area contributed by atoms with Crippen LogP contribution in [0.4, 0.5) is 0 Å². The number of carboxylic acid groups (broad SMARTS) is 1. The van der Waals surface area contributed by atoms with Crippen molar-refractivity contribution in [2.75, 3.05) is 0 Å². The zero-order valence-electron chi connectivity index (χ0n) is 26.0. The lowest BCUT2D eigenvalue weighted by molar-refractivity contribution is -0.136. The van der Waals surface area contributed by atoms with Gasteiger partial charge in [-0.15, -0.1) is 0 Å². The molecular weight excluding hydrogens is 488 g/mol. The van der Waals surface area contributed by atoms with E-state index in [1.807, 2.05) is 20.8 Å². The maximum absolute atomic E-state index is 12.3. The Labute approximate surface area is 237 Å². The van der Waals surface area contributed by atoms with E-state index in [4.69, 9.17) is 14.6 Å². The van der Waals surface area contributed by atoms with Crippen LogP contribution in [-0.4, -0.2) is 22.6 Å². The molecule has 220 valence electrons. The van der Waals surface area contributed by atoms with Crippen LogP contribution in [0.3, 0.4) is 0 Å². The van der Waals surface area contributed by atoms with Crippen LogP contribution in [0.1, 0.15) is 128 Å². The number of hydrogen-bond donors (Lipinski definition) is 1. The Morgan fingerprint density at radius 2 is 1.51 bits per heavy atom. The number of rotatable bonds is 16. The van der Waals surface area contributed by atoms with Crippen LogP contribution in [0.25, 0.3) is 0 Å². The zero-order chi connectivity index (χ0) is 29.2. The molecule has 5 nitrogen and oxygen atoms in total. The average Bonchev–Trinajstić information content (AvgIpc) is 2.84. The molecule has 0 amide bonds. The largest absolute Gasteiger partial charge is 0.487 e. The Morgan fingerprint density at radius 3 is 2.10 bits per heavy atom. The van der Waals surface area contributed by atoms with Gasteiger partial charge in [0.2, 0.25) is 0 Å². The molecule has 0 radical (unpaired) electrons. The van der Waals surface area contributed by atoms with E-state index in [2.05, 4.69) is 34.6 Å². The highest BCUT2D eigenvalue weighted by Crippen LogP contribution is 2.45. The summed E-state index contributed by atoms with van der Waals surface area (Å²) in [6.07, 6.45) is 15.7. The fourth-order valence-corrected chi connectivity index (χ4v) is 5.80. The van der Waals surface area contributed by atoms with Gasteiger partial charge in [0.15, 0.2) is 0 Å². The summed E-state index contributed by atoms with van der Waals surface area (Å²) in [5.41, 5.74) is 3.77. The van der Waals surface area contributed by atoms with E-state index < -0.39 is 11.9 Å². The number of benzene rings is 1. The first-order valence-corrected chi connectivity index (χ1v) is 15.2. The topological polar surface area (TPSA) is 72.8 Å². The normalized spacial score (nSPS) is 18.6. The third-order valence-corrected chi connectivity index (χ3v) is 8.59. The van der Waals surface area contributed by atoms with Crippen molar-refractivity contribution in [1.29, 1.82) is 0 Å². The highest BCUT2D eigenvalue weighted by Gasteiger charge is 2.34. The standard InChI is InChI=1S/C34H54O5/c1-23(2)13-9-14-24(3)15-10-16-25(4)17-12-21-34(8)22-20-29-28(7)32(26(5)27(6)33(29)39-34)38-31(37)19-11-18-30(35)36/h11,19,23-25H,9-10,12-18,20-22H2,1-8H3,(H,35,36)/b19-11-. The van der Waals surface area contributed by atoms with Gasteiger partial charge in [0.05, 0.1) is 6.42 Å². The molecule has 3 unspecified atom stereocenters. The van der Waals surface area contributed by atoms with E-state index in [9.17, 15) is 9.59 Å². The van der Waals surface area contributed by atoms with Crippen molar-refractivity contribution >= 4 is 11.9 Å². The molecule has 0 aromatic heterocycles. The number of carboxylic acids is 1. The maximum Gasteiger partial charge on any atom is 0.335 e. The molecule has 39 heavy (non-hydrogen) atoms. The number of hydrogen-bond acceptors (Lipinski definition) is 4. The van der Waals surface area contributed by atoms with Crippen LogP contribution in [0.5, 0.6) is 11.5 Å². The number of esters is 1. The minimum Gasteiger partial charge on any atom is -0.487 e. The van der Waals surface area contributed by atoms with Crippen molar-refractivity contribution in [3.63, 3.8) is 0 Å². The molecule has 0 saturated carbocycles. The van der Waals surface area contributed by atoms with Crippen LogP contribution in [0.15, 0.2) is 12.2 Å². The lowest BCUT2D eigenvalue weighted by atomic mass is 9.83. The predicted octanol–water partition coefficient (Wildman–Crippen LogP) is 9.07. The fraction of sp³-hybridized carbons (Fsp3) is 0.706. The summed E-state index contributed by atoms with van der Waals surface area (Å²) in [5.74, 6) is 2.38. The van der Waals surface area contributed by atoms with Crippen molar-refractivity contribution in [1.82, 2.24) is 0 Å². The van der Waals surface area contributed by atoms with Crippen LogP contribution < -0.4 is 9.47 Å². The molecule has 0 fully saturated rings. The number of fused-ring (bicyclic) bond motifs is 1. The predicted molar refractivity (Wildman–Crippen MR) is 160 cm³/mol. The van der Waals surface area contributed by atoms with Crippen molar-refractivity contribution in [2.45, 2.75) is 138 Å². The summed E-state index contributed by atoms with van der Waals surface area (Å²) in [6.45, 7) is 17.7. The Kier molecular flexibility index (Phi) is 13.1. The maximum atomic E-state index is 12.3. The summed E-state index contributed by atoms with van der Waals surface area (Å²) < 4.78 is 12.3. The molecule has 2 rings (SSSR count). The zero-order valence-corrected chi connectivity index (χ0v) is 26.0. The summed E-state index contributed by atoms with van der Waals surface area (Å²) in [4.78, 5) is 23.0. The second kappa shape index (κ2) is 15.5. The Hall–Kier alpha value is -2.30. The molecule has 0 aliphatic carbocycles. The van der Waals surface area contributed by atoms with E-state index in [1.165, 1.54) is 63.5 Å². The van der Waals surface area contributed by atoms with Gasteiger partial charge in [-0.05, 0) is 87.8 Å². The van der Waals surface area contributed by atoms with Crippen molar-refractivity contribution in [3.05, 3.63) is 34.4 Å². The molecule has 1 aliphatic heterocycles. The van der Waals surface area contributed by atoms with Crippen molar-refractivity contribution in [2.24, 2.45) is 17.8 Å². The summed E-state index contributed by atoms with van der Waals surface area (Å²) in [5, 5.41) is 8.77. The molecule has 0 saturated heterocycles. The molecule has 5 heteroatoms. The summed E-state index contributed by atoms with van der Waals surface area (Å²) in [7, 11) is 0. The van der Waals surface area contributed by atoms with Crippen LogP contribution in [0.2, 0.25) is 0 Å². The van der Waals surface area contributed by atoms with Gasteiger partial charge >= 0.3 is 11.9 Å². The highest BCUT2D eigenvalue weighted by molar-refractivity contribution is 5.85. The van der Waals surface area contributed by atoms with E-state index in [1.54, 1.807) is 0 Å². The van der Waals surface area contributed by atoms with Gasteiger partial charge in [-0.1, -0.05) is 78.7 Å². The first-order valence-electron chi connectivity index (χ1n) is 15.2. The molecule has 1 heterocycles. The quantitative estimate of drug-likeness (QED) is 0.128. The van der Waals surface area contributed by atoms with Gasteiger partial charge < -0.3 is 14.6 Å². The molecule has 1 aliphatic rings. The van der Waals surface area contributed by atoms with Crippen molar-refractivity contribution in [3.8, 4) is 11.5 Å². The van der Waals surface area contributed by atoms with Crippen LogP contribution in [-0.2, 0) is 16.0 Å². The van der Waals surface area contributed by atoms with Gasteiger partial charge in [-0.2, -0.15) is 0 Å². The molecule has 0 bridgehead atoms. The molecule has 1 aromatic rings. The second-order valence-corrected chi connectivity index (χ2v) is 12.8. The van der Waals surface area contributed by atoms with E-state index in [0.717, 1.165) is 65.0 Å². The minimum atomic E-state index is -0.983. The van der Waals surface area contributed by atoms with E-state index in [0.29, 0.717) is 5.75 Å². The van der Waals surface area contributed by atoms with Gasteiger partial charge in [0.25, 0.3) is 0 Å². The number of carbonyl (C=O) groups is 2. The van der Waals surface area contributed by atoms with E-state index >= 15 is 0 Å². The Morgan fingerprint density at radius 1 is 0.923 bits per heavy atom. The first kappa shape index (κ1) is 32.9. The summed E-state index contributed by atoms with van der Waals surface area (Å²) >= 11 is 0. The monoisotopic (exact) mass is 542 g/mol. The lowest BCUT2D eigenvalue weighted by Crippen LogP contribution is -2.37. The first-order chi connectivity index (χ1) is 18.3. The molecule has 0 spiro atoms. The third-order valence-electron chi connectivity index (χ3n) is 8.59. The van der Waals surface area contributed by atoms with Crippen molar-refractivity contribution < 1.29 is 24.2 Å². The van der Waals surface area contributed by atoms with Gasteiger partial charge in [0, 0.05) is 11.6 Å². The number of ether oxygens (including phenoxy) is 2. The fourth-order valence-electron chi connectivity index (χ4n) is 5.80. The number of aliphatic carboxylic acids is 1. The van der Waals surface area contributed by atoms with Crippen LogP contribution >= 0.6 is 0 Å². The molecule has 3 atom stereocenters. The van der Waals surface area contributed by atoms with Gasteiger partial charge in [-0.3, -0.25) is 4.79 Å². The third kappa shape index (κ3) is 10.7. The Bertz CT molecular complexity index is 992. The van der Waals surface area contributed by atoms with Crippen LogP contribution in [0, 0.1) is 38.5 Å². The van der Waals surface area contributed by atoms with Gasteiger partial charge in [-0.25, -0.2) is 4.79 Å². The number of carbonyl (C=O) groups excluding carboxylic acids is 1. The summed E-state index contributed by atoms with van der Waals surface area (Å²) in [6, 6.07) is 0. The van der Waals surface area contributed by atoms with Gasteiger partial charge in [0.1, 0.15) is 17.1 Å². The second-order valence-electron chi connectivity index (χ2n) is 12.8. The Balaban J connectivity index is 1.88. The highest BCUT2D eigenvalue weighted by atomic mass is 16.5. The lowest BCUT2D eigenvalue weighted by Gasteiger charge is -2.38. The molecular formula is C34H54O5.